The molecule has 100 valence electrons. The fourth-order valence-electron chi connectivity index (χ4n) is 2.35. The summed E-state index contributed by atoms with van der Waals surface area (Å²) >= 11 is 3.35. The Kier molecular flexibility index (Phi) is 4.40. The van der Waals surface area contributed by atoms with E-state index in [0.717, 1.165) is 29.6 Å². The summed E-state index contributed by atoms with van der Waals surface area (Å²) in [6.45, 7) is 1.27. The highest BCUT2D eigenvalue weighted by Crippen LogP contribution is 2.22. The van der Waals surface area contributed by atoms with Gasteiger partial charge >= 0.3 is 0 Å². The third-order valence-electron chi connectivity index (χ3n) is 3.22. The van der Waals surface area contributed by atoms with Gasteiger partial charge in [-0.05, 0) is 53.2 Å². The summed E-state index contributed by atoms with van der Waals surface area (Å²) in [5.74, 6) is 0.371. The maximum Gasteiger partial charge on any atom is 0.211 e. The molecule has 1 atom stereocenters. The second-order valence-electron chi connectivity index (χ2n) is 4.79. The first-order valence-corrected chi connectivity index (χ1v) is 8.66. The maximum absolute atomic E-state index is 11.5. The quantitative estimate of drug-likeness (QED) is 0.796. The van der Waals surface area contributed by atoms with Crippen molar-refractivity contribution in [1.82, 2.24) is 9.29 Å². The van der Waals surface area contributed by atoms with Crippen LogP contribution in [-0.4, -0.2) is 37.1 Å². The number of pyridine rings is 1. The SMILES string of the molecule is CS(=O)(=O)N1CCC[C@H](Cc2cccc(Br)n2)C1. The number of aromatic nitrogens is 1. The lowest BCUT2D eigenvalue weighted by Gasteiger charge is -2.30. The molecule has 2 heterocycles. The highest BCUT2D eigenvalue weighted by Gasteiger charge is 2.26. The number of hydrogen-bond acceptors (Lipinski definition) is 3. The van der Waals surface area contributed by atoms with Crippen molar-refractivity contribution in [2.24, 2.45) is 5.92 Å². The molecule has 1 aromatic rings. The Bertz CT molecular complexity index is 519. The summed E-state index contributed by atoms with van der Waals surface area (Å²) in [6, 6.07) is 5.85. The van der Waals surface area contributed by atoms with Crippen LogP contribution in [0.5, 0.6) is 0 Å². The van der Waals surface area contributed by atoms with Crippen molar-refractivity contribution >= 4 is 26.0 Å². The van der Waals surface area contributed by atoms with E-state index in [1.54, 1.807) is 4.31 Å². The van der Waals surface area contributed by atoms with Crippen molar-refractivity contribution in [2.45, 2.75) is 19.3 Å². The first-order valence-electron chi connectivity index (χ1n) is 6.02. The minimum atomic E-state index is -3.06. The van der Waals surface area contributed by atoms with Gasteiger partial charge in [-0.15, -0.1) is 0 Å². The molecule has 1 aliphatic heterocycles. The van der Waals surface area contributed by atoms with Crippen LogP contribution in [0.1, 0.15) is 18.5 Å². The number of halogens is 1. The molecule has 2 rings (SSSR count). The van der Waals surface area contributed by atoms with Crippen molar-refractivity contribution in [3.05, 3.63) is 28.5 Å². The highest BCUT2D eigenvalue weighted by atomic mass is 79.9. The molecule has 0 amide bonds. The zero-order chi connectivity index (χ0) is 13.2. The summed E-state index contributed by atoms with van der Waals surface area (Å²) in [5.41, 5.74) is 1.02. The Hall–Kier alpha value is -0.460. The molecule has 0 unspecified atom stereocenters. The molecule has 18 heavy (non-hydrogen) atoms. The summed E-state index contributed by atoms with van der Waals surface area (Å²) in [7, 11) is -3.06. The van der Waals surface area contributed by atoms with E-state index in [0.29, 0.717) is 19.0 Å². The van der Waals surface area contributed by atoms with Crippen molar-refractivity contribution in [3.63, 3.8) is 0 Å². The van der Waals surface area contributed by atoms with Gasteiger partial charge in [0.1, 0.15) is 4.60 Å². The molecule has 1 aliphatic rings. The van der Waals surface area contributed by atoms with Gasteiger partial charge in [0.15, 0.2) is 0 Å². The van der Waals surface area contributed by atoms with E-state index >= 15 is 0 Å². The van der Waals surface area contributed by atoms with Gasteiger partial charge in [0.2, 0.25) is 10.0 Å². The second kappa shape index (κ2) is 5.67. The van der Waals surface area contributed by atoms with Gasteiger partial charge < -0.3 is 0 Å². The Morgan fingerprint density at radius 1 is 1.50 bits per heavy atom. The Morgan fingerprint density at radius 2 is 2.28 bits per heavy atom. The Morgan fingerprint density at radius 3 is 2.94 bits per heavy atom. The van der Waals surface area contributed by atoms with Crippen LogP contribution in [0.3, 0.4) is 0 Å². The standard InChI is InChI=1S/C12H17BrN2O2S/c1-18(16,17)15-7-3-4-10(9-15)8-11-5-2-6-12(13)14-11/h2,5-6,10H,3-4,7-9H2,1H3/t10-/m1/s1. The van der Waals surface area contributed by atoms with E-state index < -0.39 is 10.0 Å². The van der Waals surface area contributed by atoms with Crippen LogP contribution < -0.4 is 0 Å². The molecule has 6 heteroatoms. The predicted octanol–water partition coefficient (Wildman–Crippen LogP) is 2.06. The van der Waals surface area contributed by atoms with Gasteiger partial charge in [0.25, 0.3) is 0 Å². The minimum Gasteiger partial charge on any atom is -0.246 e. The summed E-state index contributed by atoms with van der Waals surface area (Å²) in [4.78, 5) is 4.40. The van der Waals surface area contributed by atoms with Gasteiger partial charge in [-0.1, -0.05) is 6.07 Å². The van der Waals surface area contributed by atoms with Crippen LogP contribution in [0.4, 0.5) is 0 Å². The molecule has 0 aromatic carbocycles. The molecule has 1 fully saturated rings. The molecule has 0 bridgehead atoms. The number of piperidine rings is 1. The lowest BCUT2D eigenvalue weighted by molar-refractivity contribution is 0.265. The molecule has 0 aliphatic carbocycles. The summed E-state index contributed by atoms with van der Waals surface area (Å²) < 4.78 is 25.5. The molecule has 0 N–H and O–H groups in total. The lowest BCUT2D eigenvalue weighted by Crippen LogP contribution is -2.39. The van der Waals surface area contributed by atoms with Crippen LogP contribution in [-0.2, 0) is 16.4 Å². The van der Waals surface area contributed by atoms with Gasteiger partial charge in [-0.3, -0.25) is 0 Å². The first kappa shape index (κ1) is 14.0. The average molecular weight is 333 g/mol. The number of hydrogen-bond donors (Lipinski definition) is 0. The number of sulfonamides is 1. The molecular weight excluding hydrogens is 316 g/mol. The van der Waals surface area contributed by atoms with Crippen molar-refractivity contribution in [3.8, 4) is 0 Å². The molecule has 1 saturated heterocycles. The largest absolute Gasteiger partial charge is 0.246 e. The first-order chi connectivity index (χ1) is 8.45. The fraction of sp³-hybridized carbons (Fsp3) is 0.583. The van der Waals surface area contributed by atoms with Crippen molar-refractivity contribution in [1.29, 1.82) is 0 Å². The van der Waals surface area contributed by atoms with E-state index in [1.165, 1.54) is 6.26 Å². The second-order valence-corrected chi connectivity index (χ2v) is 7.58. The van der Waals surface area contributed by atoms with E-state index in [9.17, 15) is 8.42 Å². The van der Waals surface area contributed by atoms with Crippen LogP contribution in [0.15, 0.2) is 22.8 Å². The smallest absolute Gasteiger partial charge is 0.211 e. The van der Waals surface area contributed by atoms with Gasteiger partial charge in [0.05, 0.1) is 6.26 Å². The van der Waals surface area contributed by atoms with Crippen LogP contribution in [0.2, 0.25) is 0 Å². The lowest BCUT2D eigenvalue weighted by atomic mass is 9.94. The minimum absolute atomic E-state index is 0.371. The van der Waals surface area contributed by atoms with E-state index in [1.807, 2.05) is 18.2 Å². The average Bonchev–Trinajstić information content (AvgIpc) is 2.28. The normalized spacial score (nSPS) is 22.0. The third kappa shape index (κ3) is 3.76. The Balaban J connectivity index is 2.02. The van der Waals surface area contributed by atoms with E-state index in [4.69, 9.17) is 0 Å². The molecular formula is C12H17BrN2O2S. The topological polar surface area (TPSA) is 50.3 Å². The number of rotatable bonds is 3. The van der Waals surface area contributed by atoms with Crippen molar-refractivity contribution in [2.75, 3.05) is 19.3 Å². The van der Waals surface area contributed by atoms with Crippen molar-refractivity contribution < 1.29 is 8.42 Å². The molecule has 1 aromatic heterocycles. The molecule has 4 nitrogen and oxygen atoms in total. The van der Waals surface area contributed by atoms with E-state index in [2.05, 4.69) is 20.9 Å². The molecule has 0 spiro atoms. The van der Waals surface area contributed by atoms with Gasteiger partial charge in [-0.25, -0.2) is 17.7 Å². The highest BCUT2D eigenvalue weighted by molar-refractivity contribution is 9.10. The third-order valence-corrected chi connectivity index (χ3v) is 4.93. The van der Waals surface area contributed by atoms with Crippen LogP contribution in [0, 0.1) is 5.92 Å². The molecule has 0 radical (unpaired) electrons. The summed E-state index contributed by atoms with van der Waals surface area (Å²) in [5, 5.41) is 0. The monoisotopic (exact) mass is 332 g/mol. The maximum atomic E-state index is 11.5. The zero-order valence-electron chi connectivity index (χ0n) is 10.3. The zero-order valence-corrected chi connectivity index (χ0v) is 12.7. The van der Waals surface area contributed by atoms with Gasteiger partial charge in [-0.2, -0.15) is 0 Å². The van der Waals surface area contributed by atoms with Crippen LogP contribution >= 0.6 is 15.9 Å². The molecule has 0 saturated carbocycles. The predicted molar refractivity (Wildman–Crippen MR) is 74.8 cm³/mol. The van der Waals surface area contributed by atoms with Gasteiger partial charge in [0, 0.05) is 18.8 Å². The fourth-order valence-corrected chi connectivity index (χ4v) is 3.68. The van der Waals surface area contributed by atoms with E-state index in [-0.39, 0.29) is 0 Å². The number of nitrogens with zero attached hydrogens (tertiary/aromatic N) is 2. The summed E-state index contributed by atoms with van der Waals surface area (Å²) in [6.07, 6.45) is 4.13. The van der Waals surface area contributed by atoms with Crippen LogP contribution in [0.25, 0.3) is 0 Å². The Labute approximate surface area is 117 Å².